The van der Waals surface area contributed by atoms with Crippen molar-refractivity contribution in [2.24, 2.45) is 5.92 Å². The van der Waals surface area contributed by atoms with Crippen molar-refractivity contribution in [2.45, 2.75) is 44.3 Å². The molecule has 144 valence electrons. The Morgan fingerprint density at radius 3 is 2.25 bits per heavy atom. The van der Waals surface area contributed by atoms with Crippen LogP contribution in [0.4, 0.5) is 11.4 Å². The first-order chi connectivity index (χ1) is 13.6. The summed E-state index contributed by atoms with van der Waals surface area (Å²) < 4.78 is 12.0. The van der Waals surface area contributed by atoms with Crippen LogP contribution < -0.4 is 20.1 Å². The fourth-order valence-electron chi connectivity index (χ4n) is 3.79. The van der Waals surface area contributed by atoms with Crippen molar-refractivity contribution in [3.63, 3.8) is 0 Å². The van der Waals surface area contributed by atoms with Gasteiger partial charge in [-0.1, -0.05) is 0 Å². The second kappa shape index (κ2) is 6.55. The molecule has 6 nitrogen and oxygen atoms in total. The molecule has 0 unspecified atom stereocenters. The van der Waals surface area contributed by atoms with Gasteiger partial charge in [0.05, 0.1) is 0 Å². The topological polar surface area (TPSA) is 76.7 Å². The van der Waals surface area contributed by atoms with Crippen LogP contribution in [0.15, 0.2) is 42.5 Å². The fraction of sp³-hybridized carbons (Fsp3) is 0.364. The highest BCUT2D eigenvalue weighted by Gasteiger charge is 2.44. The van der Waals surface area contributed by atoms with Crippen molar-refractivity contribution in [1.82, 2.24) is 0 Å². The zero-order valence-electron chi connectivity index (χ0n) is 15.5. The van der Waals surface area contributed by atoms with Crippen molar-refractivity contribution in [3.8, 4) is 11.5 Å². The summed E-state index contributed by atoms with van der Waals surface area (Å²) in [5.41, 5.74) is 1.89. The maximum Gasteiger partial charge on any atom is 0.255 e. The first kappa shape index (κ1) is 17.1. The van der Waals surface area contributed by atoms with Crippen LogP contribution >= 0.6 is 0 Å². The smallest absolute Gasteiger partial charge is 0.255 e. The molecular weight excluding hydrogens is 356 g/mol. The SMILES string of the molecule is O=C(Nc1ccc2c(c1)OC1(CCCC1)O2)c1ccc(NC(=O)C2CC2)cc1. The third-order valence-electron chi connectivity index (χ3n) is 5.52. The minimum Gasteiger partial charge on any atom is -0.448 e. The van der Waals surface area contributed by atoms with Crippen LogP contribution in [-0.2, 0) is 4.79 Å². The van der Waals surface area contributed by atoms with E-state index in [4.69, 9.17) is 9.47 Å². The van der Waals surface area contributed by atoms with Crippen molar-refractivity contribution in [1.29, 1.82) is 0 Å². The van der Waals surface area contributed by atoms with E-state index in [1.165, 1.54) is 0 Å². The molecule has 0 aromatic heterocycles. The Morgan fingerprint density at radius 2 is 1.54 bits per heavy atom. The molecule has 1 aliphatic heterocycles. The molecule has 0 bridgehead atoms. The van der Waals surface area contributed by atoms with Gasteiger partial charge in [0.15, 0.2) is 11.5 Å². The molecule has 2 N–H and O–H groups in total. The van der Waals surface area contributed by atoms with Crippen molar-refractivity contribution in [3.05, 3.63) is 48.0 Å². The summed E-state index contributed by atoms with van der Waals surface area (Å²) in [6.45, 7) is 0. The number of rotatable bonds is 4. The molecule has 5 rings (SSSR count). The number of benzene rings is 2. The number of carbonyl (C=O) groups excluding carboxylic acids is 2. The van der Waals surface area contributed by atoms with Crippen LogP contribution in [0.2, 0.25) is 0 Å². The van der Waals surface area contributed by atoms with Gasteiger partial charge >= 0.3 is 0 Å². The normalized spacial score (nSPS) is 18.9. The van der Waals surface area contributed by atoms with E-state index in [0.29, 0.717) is 22.7 Å². The molecule has 0 atom stereocenters. The van der Waals surface area contributed by atoms with E-state index in [9.17, 15) is 9.59 Å². The minimum absolute atomic E-state index is 0.0533. The molecule has 3 aliphatic rings. The highest BCUT2D eigenvalue weighted by molar-refractivity contribution is 6.05. The predicted octanol–water partition coefficient (Wildman–Crippen LogP) is 4.33. The monoisotopic (exact) mass is 378 g/mol. The Hall–Kier alpha value is -3.02. The summed E-state index contributed by atoms with van der Waals surface area (Å²) in [4.78, 5) is 24.4. The minimum atomic E-state index is -0.508. The second-order valence-electron chi connectivity index (χ2n) is 7.78. The number of amides is 2. The summed E-state index contributed by atoms with van der Waals surface area (Å²) in [5, 5.41) is 5.76. The molecule has 2 amide bonds. The lowest BCUT2D eigenvalue weighted by Crippen LogP contribution is -2.34. The molecule has 2 fully saturated rings. The van der Waals surface area contributed by atoms with E-state index in [1.807, 2.05) is 18.2 Å². The summed E-state index contributed by atoms with van der Waals surface area (Å²) in [6.07, 6.45) is 5.93. The average Bonchev–Trinajstić information content (AvgIpc) is 3.36. The third kappa shape index (κ3) is 3.30. The summed E-state index contributed by atoms with van der Waals surface area (Å²) in [6, 6.07) is 12.4. The van der Waals surface area contributed by atoms with Gasteiger partial charge in [-0.15, -0.1) is 0 Å². The van der Waals surface area contributed by atoms with Gasteiger partial charge < -0.3 is 20.1 Å². The lowest BCUT2D eigenvalue weighted by molar-refractivity contribution is -0.117. The fourth-order valence-corrected chi connectivity index (χ4v) is 3.79. The summed E-state index contributed by atoms with van der Waals surface area (Å²) >= 11 is 0. The molecule has 28 heavy (non-hydrogen) atoms. The number of ether oxygens (including phenoxy) is 2. The van der Waals surface area contributed by atoms with Crippen LogP contribution in [0.5, 0.6) is 11.5 Å². The maximum atomic E-state index is 12.5. The van der Waals surface area contributed by atoms with Gasteiger partial charge in [-0.2, -0.15) is 0 Å². The molecule has 1 spiro atoms. The Balaban J connectivity index is 1.24. The van der Waals surface area contributed by atoms with E-state index in [2.05, 4.69) is 10.6 Å². The van der Waals surface area contributed by atoms with Gasteiger partial charge in [0, 0.05) is 41.8 Å². The highest BCUT2D eigenvalue weighted by Crippen LogP contribution is 2.47. The van der Waals surface area contributed by atoms with Crippen LogP contribution in [0, 0.1) is 5.92 Å². The molecule has 6 heteroatoms. The molecule has 2 aromatic rings. The third-order valence-corrected chi connectivity index (χ3v) is 5.52. The molecule has 0 saturated heterocycles. The van der Waals surface area contributed by atoms with Gasteiger partial charge in [-0.25, -0.2) is 0 Å². The van der Waals surface area contributed by atoms with E-state index in [-0.39, 0.29) is 17.7 Å². The molecule has 2 aliphatic carbocycles. The highest BCUT2D eigenvalue weighted by atomic mass is 16.7. The molecule has 1 heterocycles. The first-order valence-electron chi connectivity index (χ1n) is 9.85. The Bertz CT molecular complexity index is 928. The zero-order valence-corrected chi connectivity index (χ0v) is 15.5. The summed E-state index contributed by atoms with van der Waals surface area (Å²) in [5.74, 6) is 0.893. The summed E-state index contributed by atoms with van der Waals surface area (Å²) in [7, 11) is 0. The van der Waals surface area contributed by atoms with Gasteiger partial charge in [-0.05, 0) is 62.1 Å². The maximum absolute atomic E-state index is 12.5. The van der Waals surface area contributed by atoms with E-state index < -0.39 is 5.79 Å². The van der Waals surface area contributed by atoms with E-state index >= 15 is 0 Å². The second-order valence-corrected chi connectivity index (χ2v) is 7.78. The number of hydrogen-bond acceptors (Lipinski definition) is 4. The largest absolute Gasteiger partial charge is 0.448 e. The van der Waals surface area contributed by atoms with Gasteiger partial charge in [-0.3, -0.25) is 9.59 Å². The molecule has 0 radical (unpaired) electrons. The number of hydrogen-bond donors (Lipinski definition) is 2. The quantitative estimate of drug-likeness (QED) is 0.830. The first-order valence-corrected chi connectivity index (χ1v) is 9.85. The van der Waals surface area contributed by atoms with Gasteiger partial charge in [0.25, 0.3) is 11.7 Å². The molecule has 2 aromatic carbocycles. The molecular formula is C22H22N2O4. The van der Waals surface area contributed by atoms with Crippen LogP contribution in [0.1, 0.15) is 48.9 Å². The van der Waals surface area contributed by atoms with Crippen LogP contribution in [0.25, 0.3) is 0 Å². The average molecular weight is 378 g/mol. The van der Waals surface area contributed by atoms with Crippen LogP contribution in [0.3, 0.4) is 0 Å². The van der Waals surface area contributed by atoms with E-state index in [0.717, 1.165) is 44.3 Å². The number of fused-ring (bicyclic) bond motifs is 1. The van der Waals surface area contributed by atoms with Gasteiger partial charge in [0.2, 0.25) is 5.91 Å². The van der Waals surface area contributed by atoms with E-state index in [1.54, 1.807) is 24.3 Å². The van der Waals surface area contributed by atoms with Crippen molar-refractivity contribution >= 4 is 23.2 Å². The Kier molecular flexibility index (Phi) is 4.00. The van der Waals surface area contributed by atoms with Crippen LogP contribution in [-0.4, -0.2) is 17.6 Å². The lowest BCUT2D eigenvalue weighted by atomic mass is 10.2. The number of anilines is 2. The van der Waals surface area contributed by atoms with Crippen molar-refractivity contribution < 1.29 is 19.1 Å². The predicted molar refractivity (Wildman–Crippen MR) is 105 cm³/mol. The Morgan fingerprint density at radius 1 is 0.857 bits per heavy atom. The Labute approximate surface area is 163 Å². The lowest BCUT2D eigenvalue weighted by Gasteiger charge is -2.21. The zero-order chi connectivity index (χ0) is 19.1. The molecule has 2 saturated carbocycles. The van der Waals surface area contributed by atoms with Crippen molar-refractivity contribution in [2.75, 3.05) is 10.6 Å². The number of nitrogens with one attached hydrogen (secondary N) is 2. The standard InChI is InChI=1S/C22H22N2O4/c25-20(14-3-4-14)23-16-7-5-15(6-8-16)21(26)24-17-9-10-18-19(13-17)28-22(27-18)11-1-2-12-22/h5-10,13-14H,1-4,11-12H2,(H,23,25)(H,24,26). The number of carbonyl (C=O) groups is 2. The van der Waals surface area contributed by atoms with Gasteiger partial charge in [0.1, 0.15) is 0 Å².